The number of nitrogens with two attached hydrogens (primary N) is 1. The number of carbonyl (C=O) groups is 3. The van der Waals surface area contributed by atoms with Gasteiger partial charge in [-0.05, 0) is 11.5 Å². The fourth-order valence-electron chi connectivity index (χ4n) is 5.13. The first-order valence-corrected chi connectivity index (χ1v) is 9.51. The molecule has 0 bridgehead atoms. The third kappa shape index (κ3) is 2.41. The van der Waals surface area contributed by atoms with Gasteiger partial charge in [-0.15, -0.1) is 0 Å². The molecular formula is C20H18N2O10. The molecule has 0 spiro atoms. The molecule has 0 radical (unpaired) electrons. The summed E-state index contributed by atoms with van der Waals surface area (Å²) in [5, 5.41) is 65.1. The summed E-state index contributed by atoms with van der Waals surface area (Å²) in [5.41, 5.74) is -0.431. The monoisotopic (exact) mass is 446 g/mol. The first-order chi connectivity index (χ1) is 14.8. The topological polar surface area (TPSA) is 222 Å². The summed E-state index contributed by atoms with van der Waals surface area (Å²) in [7, 11) is 0. The Morgan fingerprint density at radius 1 is 1.25 bits per heavy atom. The second-order valence-electron chi connectivity index (χ2n) is 8.14. The molecule has 32 heavy (non-hydrogen) atoms. The van der Waals surface area contributed by atoms with Crippen LogP contribution in [0.1, 0.15) is 30.4 Å². The second kappa shape index (κ2) is 6.61. The number of aliphatic hydroxyl groups is 4. The van der Waals surface area contributed by atoms with E-state index in [1.165, 1.54) is 13.0 Å². The van der Waals surface area contributed by atoms with Crippen molar-refractivity contribution in [1.29, 1.82) is 0 Å². The maximum atomic E-state index is 13.4. The molecular weight excluding hydrogens is 428 g/mol. The Morgan fingerprint density at radius 2 is 1.88 bits per heavy atom. The normalized spacial score (nSPS) is 31.7. The number of rotatable bonds is 2. The molecule has 0 heterocycles. The number of benzene rings is 1. The molecule has 0 aliphatic heterocycles. The molecule has 5 atom stereocenters. The van der Waals surface area contributed by atoms with Crippen molar-refractivity contribution < 1.29 is 44.8 Å². The number of nitro benzene ring substituents is 1. The number of primary amides is 1. The van der Waals surface area contributed by atoms with Crippen LogP contribution >= 0.6 is 0 Å². The van der Waals surface area contributed by atoms with Crippen molar-refractivity contribution in [2.45, 2.75) is 31.0 Å². The number of nitrogens with zero attached hydrogens (tertiary/aromatic N) is 1. The summed E-state index contributed by atoms with van der Waals surface area (Å²) in [6.07, 6.45) is -2.34. The summed E-state index contributed by atoms with van der Waals surface area (Å²) in [5.74, 6) is -10.4. The average molecular weight is 446 g/mol. The molecule has 0 saturated heterocycles. The number of aliphatic hydroxyl groups excluding tert-OH is 3. The van der Waals surface area contributed by atoms with E-state index in [4.69, 9.17) is 5.73 Å². The van der Waals surface area contributed by atoms with Gasteiger partial charge in [-0.3, -0.25) is 24.5 Å². The summed E-state index contributed by atoms with van der Waals surface area (Å²) >= 11 is 0. The summed E-state index contributed by atoms with van der Waals surface area (Å²) in [4.78, 5) is 47.7. The lowest BCUT2D eigenvalue weighted by Gasteiger charge is -2.50. The van der Waals surface area contributed by atoms with Gasteiger partial charge in [0.1, 0.15) is 17.1 Å². The third-order valence-corrected chi connectivity index (χ3v) is 6.68. The molecule has 4 rings (SSSR count). The lowest BCUT2D eigenvalue weighted by atomic mass is 9.55. The van der Waals surface area contributed by atoms with Gasteiger partial charge in [-0.25, -0.2) is 0 Å². The van der Waals surface area contributed by atoms with E-state index in [0.717, 1.165) is 6.07 Å². The highest BCUT2D eigenvalue weighted by molar-refractivity contribution is 6.23. The first-order valence-electron chi connectivity index (χ1n) is 9.51. The molecule has 168 valence electrons. The highest BCUT2D eigenvalue weighted by Gasteiger charge is 2.65. The Balaban J connectivity index is 2.03. The maximum absolute atomic E-state index is 13.4. The van der Waals surface area contributed by atoms with E-state index in [1.807, 2.05) is 0 Å². The van der Waals surface area contributed by atoms with Crippen molar-refractivity contribution in [2.24, 2.45) is 17.6 Å². The van der Waals surface area contributed by atoms with Gasteiger partial charge in [0, 0.05) is 29.9 Å². The predicted molar refractivity (Wildman–Crippen MR) is 104 cm³/mol. The zero-order valence-electron chi connectivity index (χ0n) is 16.5. The van der Waals surface area contributed by atoms with Crippen molar-refractivity contribution in [1.82, 2.24) is 0 Å². The van der Waals surface area contributed by atoms with Crippen LogP contribution in [0, 0.1) is 22.0 Å². The number of nitro groups is 1. The van der Waals surface area contributed by atoms with Gasteiger partial charge in [-0.2, -0.15) is 0 Å². The molecule has 7 N–H and O–H groups in total. The fourth-order valence-corrected chi connectivity index (χ4v) is 5.13. The maximum Gasteiger partial charge on any atom is 0.311 e. The van der Waals surface area contributed by atoms with E-state index < -0.39 is 97.9 Å². The summed E-state index contributed by atoms with van der Waals surface area (Å²) < 4.78 is 0. The van der Waals surface area contributed by atoms with Gasteiger partial charge in [0.2, 0.25) is 11.5 Å². The van der Waals surface area contributed by atoms with Crippen LogP contribution in [0.25, 0.3) is 5.76 Å². The minimum Gasteiger partial charge on any atom is -0.508 e. The molecule has 1 aromatic rings. The predicted octanol–water partition coefficient (Wildman–Crippen LogP) is -0.136. The molecule has 3 aliphatic carbocycles. The van der Waals surface area contributed by atoms with Crippen molar-refractivity contribution in [3.8, 4) is 5.75 Å². The van der Waals surface area contributed by atoms with Gasteiger partial charge in [0.05, 0.1) is 16.6 Å². The summed E-state index contributed by atoms with van der Waals surface area (Å²) in [6.45, 7) is 1.53. The number of hydrogen-bond donors (Lipinski definition) is 6. The number of aromatic hydroxyl groups is 1. The van der Waals surface area contributed by atoms with Crippen LogP contribution in [0.4, 0.5) is 5.69 Å². The highest BCUT2D eigenvalue weighted by Crippen LogP contribution is 2.56. The molecule has 12 heteroatoms. The number of phenols is 1. The van der Waals surface area contributed by atoms with E-state index in [9.17, 15) is 50.0 Å². The number of carbonyl (C=O) groups excluding carboxylic acids is 3. The molecule has 1 aromatic carbocycles. The van der Waals surface area contributed by atoms with Crippen LogP contribution in [0.15, 0.2) is 29.0 Å². The van der Waals surface area contributed by atoms with E-state index in [-0.39, 0.29) is 5.56 Å². The molecule has 1 saturated carbocycles. The Hall–Kier alpha value is -3.77. The van der Waals surface area contributed by atoms with Crippen LogP contribution in [0.5, 0.6) is 5.75 Å². The average Bonchev–Trinajstić information content (AvgIpc) is 2.70. The zero-order chi connectivity index (χ0) is 23.9. The quantitative estimate of drug-likeness (QED) is 0.200. The molecule has 1 fully saturated rings. The van der Waals surface area contributed by atoms with Crippen LogP contribution in [0.2, 0.25) is 0 Å². The largest absolute Gasteiger partial charge is 0.508 e. The Bertz CT molecular complexity index is 1200. The van der Waals surface area contributed by atoms with E-state index in [2.05, 4.69) is 0 Å². The van der Waals surface area contributed by atoms with Crippen LogP contribution in [-0.2, 0) is 14.4 Å². The number of hydrogen-bond acceptors (Lipinski definition) is 10. The molecule has 12 nitrogen and oxygen atoms in total. The highest BCUT2D eigenvalue weighted by atomic mass is 16.6. The lowest BCUT2D eigenvalue weighted by Crippen LogP contribution is -2.63. The number of Topliss-reactive ketones (excluding diaryl/α,β-unsaturated/α-hetero) is 2. The van der Waals surface area contributed by atoms with E-state index in [0.29, 0.717) is 0 Å². The number of amides is 1. The van der Waals surface area contributed by atoms with E-state index in [1.54, 1.807) is 0 Å². The molecule has 3 aliphatic rings. The van der Waals surface area contributed by atoms with Crippen LogP contribution in [-0.4, -0.2) is 59.6 Å². The standard InChI is InChI=1S/C20H18N2O10/c1-5-6-2-3-8(22(31)32)15(25)11(6)16(26)13-10(5)14(24)7-4-9(23)12(19(21)29)17(27)20(7,30)18(13)28/h2-3,5,7,10,14,24-27,30H,4H2,1H3,(H2,21,29)/t5-,7+,10+,14+,20+/m0/s1. The smallest absolute Gasteiger partial charge is 0.311 e. The molecule has 0 unspecified atom stereocenters. The van der Waals surface area contributed by atoms with Gasteiger partial charge in [0.25, 0.3) is 5.91 Å². The number of ketones is 2. The van der Waals surface area contributed by atoms with Gasteiger partial charge < -0.3 is 31.3 Å². The fraction of sp³-hybridized carbons (Fsp3) is 0.350. The zero-order valence-corrected chi connectivity index (χ0v) is 16.5. The van der Waals surface area contributed by atoms with Gasteiger partial charge in [0.15, 0.2) is 11.4 Å². The lowest BCUT2D eigenvalue weighted by molar-refractivity contribution is -0.385. The number of phenolic OH excluding ortho intramolecular Hbond substituents is 1. The minimum atomic E-state index is -2.95. The van der Waals surface area contributed by atoms with E-state index >= 15 is 0 Å². The second-order valence-corrected chi connectivity index (χ2v) is 8.14. The Morgan fingerprint density at radius 3 is 2.44 bits per heavy atom. The SMILES string of the molecule is C[C@H]1c2ccc([N+](=O)[O-])c(O)c2C(O)=C2C(=O)[C@]3(O)C(O)=C(C(N)=O)C(=O)C[C@@H]3[C@@H](O)[C@@H]21. The third-order valence-electron chi connectivity index (χ3n) is 6.68. The van der Waals surface area contributed by atoms with Crippen molar-refractivity contribution in [3.05, 3.63) is 50.3 Å². The van der Waals surface area contributed by atoms with Gasteiger partial charge >= 0.3 is 5.69 Å². The first kappa shape index (κ1) is 21.5. The Kier molecular flexibility index (Phi) is 4.43. The number of fused-ring (bicyclic) bond motifs is 3. The van der Waals surface area contributed by atoms with Crippen LogP contribution < -0.4 is 5.73 Å². The van der Waals surface area contributed by atoms with Crippen molar-refractivity contribution >= 4 is 28.9 Å². The van der Waals surface area contributed by atoms with Gasteiger partial charge in [-0.1, -0.05) is 13.0 Å². The summed E-state index contributed by atoms with van der Waals surface area (Å²) in [6, 6.07) is 2.27. The Labute approximate surface area is 179 Å². The van der Waals surface area contributed by atoms with Crippen molar-refractivity contribution in [3.63, 3.8) is 0 Å². The molecule has 1 amide bonds. The van der Waals surface area contributed by atoms with Crippen molar-refractivity contribution in [2.75, 3.05) is 0 Å². The molecule has 0 aromatic heterocycles. The minimum absolute atomic E-state index is 0.191. The van der Waals surface area contributed by atoms with Crippen LogP contribution in [0.3, 0.4) is 0 Å².